The van der Waals surface area contributed by atoms with Crippen molar-refractivity contribution in [1.29, 1.82) is 0 Å². The standard InChI is InChI=1S/C24H26F3N3O.C6H12O2/c1-15(2)5-6-18-7-8-19(9-16(18)3)23(31)29-21-10-20(24(25,26)27)11-22(12-21)30-13-17(4)28-14-30;1-5(7)8-6(2,3)4/h7-15H,5-6H2,1-4H3,(H,29,31);1-4H3. The monoisotopic (exact) mass is 545 g/mol. The minimum Gasteiger partial charge on any atom is -0.460 e. The lowest BCUT2D eigenvalue weighted by Crippen LogP contribution is -2.21. The highest BCUT2D eigenvalue weighted by atomic mass is 19.4. The van der Waals surface area contributed by atoms with Crippen LogP contribution < -0.4 is 5.32 Å². The number of anilines is 1. The van der Waals surface area contributed by atoms with Crippen molar-refractivity contribution in [3.8, 4) is 5.69 Å². The average molecular weight is 546 g/mol. The number of esters is 1. The molecule has 6 nitrogen and oxygen atoms in total. The lowest BCUT2D eigenvalue weighted by Gasteiger charge is -2.17. The van der Waals surface area contributed by atoms with Gasteiger partial charge in [-0.05, 0) is 94.8 Å². The molecule has 0 atom stereocenters. The number of hydrogen-bond acceptors (Lipinski definition) is 4. The van der Waals surface area contributed by atoms with E-state index >= 15 is 0 Å². The summed E-state index contributed by atoms with van der Waals surface area (Å²) in [6, 6.07) is 8.88. The summed E-state index contributed by atoms with van der Waals surface area (Å²) in [6.07, 6.45) is 0.496. The SMILES string of the molecule is CC(=O)OC(C)(C)C.Cc1cn(-c2cc(NC(=O)c3ccc(CCC(C)C)c(C)c3)cc(C(F)(F)F)c2)cn1. The minimum atomic E-state index is -4.54. The number of nitrogens with zero attached hydrogens (tertiary/aromatic N) is 2. The Morgan fingerprint density at radius 2 is 1.72 bits per heavy atom. The van der Waals surface area contributed by atoms with E-state index in [-0.39, 0.29) is 22.9 Å². The fraction of sp³-hybridized carbons (Fsp3) is 0.433. The Hall–Kier alpha value is -3.62. The van der Waals surface area contributed by atoms with Crippen LogP contribution in [0.1, 0.15) is 80.7 Å². The number of carbonyl (C=O) groups excluding carboxylic acids is 2. The Bertz CT molecular complexity index is 1290. The zero-order chi connectivity index (χ0) is 29.5. The molecule has 1 aromatic heterocycles. The molecule has 2 aromatic carbocycles. The van der Waals surface area contributed by atoms with Crippen LogP contribution in [0.15, 0.2) is 48.9 Å². The molecule has 9 heteroatoms. The number of aryl methyl sites for hydroxylation is 3. The maximum absolute atomic E-state index is 13.4. The Labute approximate surface area is 228 Å². The topological polar surface area (TPSA) is 73.2 Å². The van der Waals surface area contributed by atoms with Crippen LogP contribution in [0.25, 0.3) is 5.69 Å². The molecule has 0 aliphatic carbocycles. The van der Waals surface area contributed by atoms with E-state index in [1.54, 1.807) is 25.3 Å². The van der Waals surface area contributed by atoms with Crippen molar-refractivity contribution >= 4 is 17.6 Å². The number of imidazole rings is 1. The van der Waals surface area contributed by atoms with Crippen molar-refractivity contribution in [2.45, 2.75) is 80.0 Å². The van der Waals surface area contributed by atoms with E-state index in [4.69, 9.17) is 4.74 Å². The third-order valence-electron chi connectivity index (χ3n) is 5.56. The summed E-state index contributed by atoms with van der Waals surface area (Å²) in [5.74, 6) is -0.0974. The third kappa shape index (κ3) is 10.6. The summed E-state index contributed by atoms with van der Waals surface area (Å²) in [4.78, 5) is 27.0. The molecule has 39 heavy (non-hydrogen) atoms. The van der Waals surface area contributed by atoms with Gasteiger partial charge in [-0.3, -0.25) is 9.59 Å². The van der Waals surface area contributed by atoms with E-state index in [2.05, 4.69) is 24.1 Å². The number of alkyl halides is 3. The van der Waals surface area contributed by atoms with Gasteiger partial charge in [-0.15, -0.1) is 0 Å². The molecule has 0 aliphatic heterocycles. The number of amides is 1. The van der Waals surface area contributed by atoms with Gasteiger partial charge >= 0.3 is 12.1 Å². The number of rotatable bonds is 6. The molecule has 1 heterocycles. The molecule has 3 rings (SSSR count). The van der Waals surface area contributed by atoms with Crippen molar-refractivity contribution in [3.05, 3.63) is 76.9 Å². The number of carbonyl (C=O) groups is 2. The molecule has 0 saturated carbocycles. The van der Waals surface area contributed by atoms with Crippen LogP contribution in [0.3, 0.4) is 0 Å². The van der Waals surface area contributed by atoms with Crippen molar-refractivity contribution in [2.24, 2.45) is 5.92 Å². The van der Waals surface area contributed by atoms with Crippen LogP contribution in [0, 0.1) is 19.8 Å². The van der Waals surface area contributed by atoms with Gasteiger partial charge in [0.2, 0.25) is 0 Å². The first-order valence-electron chi connectivity index (χ1n) is 12.8. The smallest absolute Gasteiger partial charge is 0.416 e. The van der Waals surface area contributed by atoms with E-state index in [9.17, 15) is 22.8 Å². The van der Waals surface area contributed by atoms with Crippen LogP contribution in [-0.2, 0) is 22.1 Å². The molecule has 1 N–H and O–H groups in total. The summed E-state index contributed by atoms with van der Waals surface area (Å²) >= 11 is 0. The lowest BCUT2D eigenvalue weighted by molar-refractivity contribution is -0.151. The molecule has 0 saturated heterocycles. The van der Waals surface area contributed by atoms with Gasteiger partial charge in [-0.2, -0.15) is 13.2 Å². The van der Waals surface area contributed by atoms with E-state index in [0.717, 1.165) is 30.5 Å². The van der Waals surface area contributed by atoms with Gasteiger partial charge in [0.05, 0.1) is 17.6 Å². The van der Waals surface area contributed by atoms with Gasteiger partial charge in [-0.1, -0.05) is 19.9 Å². The van der Waals surface area contributed by atoms with E-state index in [1.807, 2.05) is 33.8 Å². The molecule has 0 unspecified atom stereocenters. The second-order valence-electron chi connectivity index (χ2n) is 10.9. The summed E-state index contributed by atoms with van der Waals surface area (Å²) in [5, 5.41) is 2.61. The van der Waals surface area contributed by atoms with Gasteiger partial charge in [0.15, 0.2) is 0 Å². The summed E-state index contributed by atoms with van der Waals surface area (Å²) in [6.45, 7) is 14.9. The van der Waals surface area contributed by atoms with Gasteiger partial charge in [0, 0.05) is 30.1 Å². The van der Waals surface area contributed by atoms with Gasteiger partial charge in [0.1, 0.15) is 5.60 Å². The van der Waals surface area contributed by atoms with Crippen molar-refractivity contribution in [3.63, 3.8) is 0 Å². The second-order valence-corrected chi connectivity index (χ2v) is 10.9. The summed E-state index contributed by atoms with van der Waals surface area (Å²) < 4.78 is 46.5. The van der Waals surface area contributed by atoms with Crippen LogP contribution in [0.4, 0.5) is 18.9 Å². The largest absolute Gasteiger partial charge is 0.460 e. The molecular weight excluding hydrogens is 507 g/mol. The highest BCUT2D eigenvalue weighted by Gasteiger charge is 2.31. The minimum absolute atomic E-state index is 0.0720. The highest BCUT2D eigenvalue weighted by Crippen LogP contribution is 2.33. The molecular formula is C30H38F3N3O3. The van der Waals surface area contributed by atoms with Crippen LogP contribution >= 0.6 is 0 Å². The number of benzene rings is 2. The lowest BCUT2D eigenvalue weighted by atomic mass is 9.97. The second kappa shape index (κ2) is 13.0. The number of nitrogens with one attached hydrogen (secondary N) is 1. The third-order valence-corrected chi connectivity index (χ3v) is 5.56. The van der Waals surface area contributed by atoms with E-state index < -0.39 is 17.6 Å². The number of aromatic nitrogens is 2. The zero-order valence-electron chi connectivity index (χ0n) is 23.9. The highest BCUT2D eigenvalue weighted by molar-refractivity contribution is 6.04. The molecule has 0 radical (unpaired) electrons. The molecule has 0 spiro atoms. The average Bonchev–Trinajstić information content (AvgIpc) is 3.22. The number of halogens is 3. The van der Waals surface area contributed by atoms with Gasteiger partial charge in [0.25, 0.3) is 5.91 Å². The van der Waals surface area contributed by atoms with Crippen LogP contribution in [0.5, 0.6) is 0 Å². The van der Waals surface area contributed by atoms with Crippen LogP contribution in [-0.4, -0.2) is 27.0 Å². The summed E-state index contributed by atoms with van der Waals surface area (Å²) in [7, 11) is 0. The maximum Gasteiger partial charge on any atom is 0.416 e. The van der Waals surface area contributed by atoms with Crippen molar-refractivity contribution in [2.75, 3.05) is 5.32 Å². The predicted octanol–water partition coefficient (Wildman–Crippen LogP) is 7.70. The molecule has 1 amide bonds. The number of hydrogen-bond donors (Lipinski definition) is 1. The number of ether oxygens (including phenoxy) is 1. The maximum atomic E-state index is 13.4. The Balaban J connectivity index is 0.000000580. The Morgan fingerprint density at radius 3 is 2.18 bits per heavy atom. The molecule has 0 fully saturated rings. The summed E-state index contributed by atoms with van der Waals surface area (Å²) in [5.41, 5.74) is 2.42. The fourth-order valence-corrected chi connectivity index (χ4v) is 3.75. The molecule has 212 valence electrons. The zero-order valence-corrected chi connectivity index (χ0v) is 23.9. The first kappa shape index (κ1) is 31.6. The van der Waals surface area contributed by atoms with Crippen molar-refractivity contribution in [1.82, 2.24) is 9.55 Å². The first-order valence-corrected chi connectivity index (χ1v) is 12.8. The van der Waals surface area contributed by atoms with E-state index in [0.29, 0.717) is 17.2 Å². The molecule has 0 aliphatic rings. The molecule has 0 bridgehead atoms. The van der Waals surface area contributed by atoms with E-state index in [1.165, 1.54) is 29.4 Å². The predicted molar refractivity (Wildman–Crippen MR) is 147 cm³/mol. The van der Waals surface area contributed by atoms with Crippen molar-refractivity contribution < 1.29 is 27.5 Å². The first-order chi connectivity index (χ1) is 17.9. The quantitative estimate of drug-likeness (QED) is 0.322. The fourth-order valence-electron chi connectivity index (χ4n) is 3.75. The van der Waals surface area contributed by atoms with Gasteiger partial charge in [-0.25, -0.2) is 4.98 Å². The normalized spacial score (nSPS) is 11.6. The Kier molecular flexibility index (Phi) is 10.5. The van der Waals surface area contributed by atoms with Gasteiger partial charge < -0.3 is 14.6 Å². The Morgan fingerprint density at radius 1 is 1.05 bits per heavy atom. The molecule has 3 aromatic rings. The van der Waals surface area contributed by atoms with Crippen LogP contribution in [0.2, 0.25) is 0 Å².